The van der Waals surface area contributed by atoms with Crippen molar-refractivity contribution in [3.05, 3.63) is 23.8 Å². The molecule has 1 amide bonds. The Balaban J connectivity index is 1.98. The lowest BCUT2D eigenvalue weighted by Gasteiger charge is -2.31. The van der Waals surface area contributed by atoms with Gasteiger partial charge in [-0.1, -0.05) is 6.07 Å². The Labute approximate surface area is 143 Å². The highest BCUT2D eigenvalue weighted by Gasteiger charge is 2.26. The summed E-state index contributed by atoms with van der Waals surface area (Å²) in [4.78, 5) is 12.3. The summed E-state index contributed by atoms with van der Waals surface area (Å²) in [5, 5.41) is 2.92. The monoisotopic (exact) mass is 356 g/mol. The summed E-state index contributed by atoms with van der Waals surface area (Å²) in [6, 6.07) is 5.14. The zero-order valence-corrected chi connectivity index (χ0v) is 15.1. The molecule has 1 aliphatic rings. The summed E-state index contributed by atoms with van der Waals surface area (Å²) >= 11 is 0. The molecule has 0 radical (unpaired) electrons. The van der Waals surface area contributed by atoms with Crippen LogP contribution in [0, 0.1) is 0 Å². The van der Waals surface area contributed by atoms with Crippen molar-refractivity contribution in [2.24, 2.45) is 0 Å². The lowest BCUT2D eigenvalue weighted by molar-refractivity contribution is -0.121. The van der Waals surface area contributed by atoms with Crippen LogP contribution in [0.25, 0.3) is 0 Å². The van der Waals surface area contributed by atoms with Crippen LogP contribution in [0.1, 0.15) is 18.4 Å². The van der Waals surface area contributed by atoms with Gasteiger partial charge in [-0.2, -0.15) is 0 Å². The van der Waals surface area contributed by atoms with E-state index in [1.807, 2.05) is 0 Å². The number of carbonyl (C=O) groups excluding carboxylic acids is 1. The Hall–Kier alpha value is -1.80. The lowest BCUT2D eigenvalue weighted by atomic mass is 10.1. The molecule has 1 saturated heterocycles. The average Bonchev–Trinajstić information content (AvgIpc) is 2.54. The van der Waals surface area contributed by atoms with Crippen molar-refractivity contribution in [2.75, 3.05) is 33.6 Å². The number of carbonyl (C=O) groups is 1. The molecule has 0 saturated carbocycles. The Morgan fingerprint density at radius 1 is 1.33 bits per heavy atom. The molecule has 1 aliphatic heterocycles. The molecule has 1 aromatic rings. The second-order valence-corrected chi connectivity index (χ2v) is 7.86. The van der Waals surface area contributed by atoms with Crippen LogP contribution in [0.4, 0.5) is 0 Å². The Kier molecular flexibility index (Phi) is 6.06. The van der Waals surface area contributed by atoms with E-state index >= 15 is 0 Å². The third-order valence-corrected chi connectivity index (χ3v) is 5.33. The zero-order valence-electron chi connectivity index (χ0n) is 14.2. The minimum Gasteiger partial charge on any atom is -0.497 e. The van der Waals surface area contributed by atoms with E-state index in [4.69, 9.17) is 9.47 Å². The Bertz CT molecular complexity index is 690. The van der Waals surface area contributed by atoms with Crippen LogP contribution < -0.4 is 14.8 Å². The standard InChI is InChI=1S/C16H24N2O5S/c1-22-14-7-6-12(15(10-14)23-2)9-16(19)17-13-5-4-8-18(11-13)24(3,20)21/h6-7,10,13H,4-5,8-9,11H2,1-3H3,(H,17,19). The van der Waals surface area contributed by atoms with E-state index in [0.717, 1.165) is 18.4 Å². The first-order valence-electron chi connectivity index (χ1n) is 7.79. The van der Waals surface area contributed by atoms with Crippen LogP contribution in [0.2, 0.25) is 0 Å². The zero-order chi connectivity index (χ0) is 17.7. The number of hydrogen-bond acceptors (Lipinski definition) is 5. The number of sulfonamides is 1. The molecule has 7 nitrogen and oxygen atoms in total. The van der Waals surface area contributed by atoms with E-state index in [1.165, 1.54) is 10.6 Å². The van der Waals surface area contributed by atoms with Gasteiger partial charge in [-0.05, 0) is 18.9 Å². The maximum atomic E-state index is 12.3. The quantitative estimate of drug-likeness (QED) is 0.814. The third-order valence-electron chi connectivity index (χ3n) is 4.06. The SMILES string of the molecule is COc1ccc(CC(=O)NC2CCCN(S(C)(=O)=O)C2)c(OC)c1. The molecule has 1 unspecified atom stereocenters. The molecule has 1 fully saturated rings. The molecule has 1 aromatic carbocycles. The van der Waals surface area contributed by atoms with Gasteiger partial charge in [0.2, 0.25) is 15.9 Å². The van der Waals surface area contributed by atoms with Crippen molar-refractivity contribution in [3.8, 4) is 11.5 Å². The average molecular weight is 356 g/mol. The number of rotatable bonds is 6. The number of nitrogens with zero attached hydrogens (tertiary/aromatic N) is 1. The predicted molar refractivity (Wildman–Crippen MR) is 90.8 cm³/mol. The normalized spacial score (nSPS) is 18.9. The summed E-state index contributed by atoms with van der Waals surface area (Å²) in [6.45, 7) is 0.835. The van der Waals surface area contributed by atoms with Gasteiger partial charge in [0.05, 0.1) is 26.9 Å². The predicted octanol–water partition coefficient (Wildman–Crippen LogP) is 0.787. The number of benzene rings is 1. The number of ether oxygens (including phenoxy) is 2. The highest BCUT2D eigenvalue weighted by Crippen LogP contribution is 2.25. The second-order valence-electron chi connectivity index (χ2n) is 5.88. The lowest BCUT2D eigenvalue weighted by Crippen LogP contribution is -2.49. The first-order chi connectivity index (χ1) is 11.3. The van der Waals surface area contributed by atoms with Gasteiger partial charge >= 0.3 is 0 Å². The number of amides is 1. The summed E-state index contributed by atoms with van der Waals surface area (Å²) in [5.74, 6) is 1.09. The molecule has 0 bridgehead atoms. The fourth-order valence-corrected chi connectivity index (χ4v) is 3.72. The van der Waals surface area contributed by atoms with Crippen LogP contribution in [0.5, 0.6) is 11.5 Å². The highest BCUT2D eigenvalue weighted by molar-refractivity contribution is 7.88. The van der Waals surface area contributed by atoms with Gasteiger partial charge < -0.3 is 14.8 Å². The van der Waals surface area contributed by atoms with E-state index in [0.29, 0.717) is 24.6 Å². The van der Waals surface area contributed by atoms with Gasteiger partial charge in [0, 0.05) is 30.8 Å². The minimum absolute atomic E-state index is 0.154. The number of nitrogens with one attached hydrogen (secondary N) is 1. The van der Waals surface area contributed by atoms with Gasteiger partial charge in [0.25, 0.3) is 0 Å². The van der Waals surface area contributed by atoms with Crippen LogP contribution in [0.3, 0.4) is 0 Å². The van der Waals surface area contributed by atoms with Gasteiger partial charge in [-0.15, -0.1) is 0 Å². The van der Waals surface area contributed by atoms with Crippen molar-refractivity contribution < 1.29 is 22.7 Å². The first kappa shape index (κ1) is 18.5. The fraction of sp³-hybridized carbons (Fsp3) is 0.562. The molecule has 0 aliphatic carbocycles. The Morgan fingerprint density at radius 3 is 2.71 bits per heavy atom. The first-order valence-corrected chi connectivity index (χ1v) is 9.63. The van der Waals surface area contributed by atoms with E-state index < -0.39 is 10.0 Å². The summed E-state index contributed by atoms with van der Waals surface area (Å²) in [6.07, 6.45) is 2.88. The van der Waals surface area contributed by atoms with Crippen LogP contribution in [-0.4, -0.2) is 58.2 Å². The smallest absolute Gasteiger partial charge is 0.224 e. The van der Waals surface area contributed by atoms with Gasteiger partial charge in [0.1, 0.15) is 11.5 Å². The van der Waals surface area contributed by atoms with E-state index in [1.54, 1.807) is 32.4 Å². The number of hydrogen-bond donors (Lipinski definition) is 1. The molecular weight excluding hydrogens is 332 g/mol. The number of piperidine rings is 1. The Morgan fingerprint density at radius 2 is 2.08 bits per heavy atom. The van der Waals surface area contributed by atoms with Gasteiger partial charge in [-0.3, -0.25) is 4.79 Å². The molecule has 2 rings (SSSR count). The fourth-order valence-electron chi connectivity index (χ4n) is 2.81. The maximum absolute atomic E-state index is 12.3. The van der Waals surface area contributed by atoms with Crippen molar-refractivity contribution in [3.63, 3.8) is 0 Å². The molecule has 1 N–H and O–H groups in total. The van der Waals surface area contributed by atoms with E-state index in [9.17, 15) is 13.2 Å². The molecule has 0 aromatic heterocycles. The van der Waals surface area contributed by atoms with E-state index in [2.05, 4.69) is 5.32 Å². The minimum atomic E-state index is -3.22. The molecule has 24 heavy (non-hydrogen) atoms. The molecule has 134 valence electrons. The van der Waals surface area contributed by atoms with Crippen molar-refractivity contribution >= 4 is 15.9 Å². The van der Waals surface area contributed by atoms with Crippen LogP contribution >= 0.6 is 0 Å². The molecule has 1 heterocycles. The third kappa shape index (κ3) is 4.85. The van der Waals surface area contributed by atoms with E-state index in [-0.39, 0.29) is 18.4 Å². The van der Waals surface area contributed by atoms with Crippen LogP contribution in [-0.2, 0) is 21.2 Å². The molecule has 1 atom stereocenters. The van der Waals surface area contributed by atoms with Crippen molar-refractivity contribution in [1.82, 2.24) is 9.62 Å². The highest BCUT2D eigenvalue weighted by atomic mass is 32.2. The topological polar surface area (TPSA) is 84.9 Å². The van der Waals surface area contributed by atoms with Crippen molar-refractivity contribution in [1.29, 1.82) is 0 Å². The second kappa shape index (κ2) is 7.85. The molecular formula is C16H24N2O5S. The number of methoxy groups -OCH3 is 2. The summed E-state index contributed by atoms with van der Waals surface area (Å²) in [7, 11) is -0.114. The van der Waals surface area contributed by atoms with Gasteiger partial charge in [0.15, 0.2) is 0 Å². The van der Waals surface area contributed by atoms with Gasteiger partial charge in [-0.25, -0.2) is 12.7 Å². The van der Waals surface area contributed by atoms with Crippen molar-refractivity contribution in [2.45, 2.75) is 25.3 Å². The van der Waals surface area contributed by atoms with Crippen LogP contribution in [0.15, 0.2) is 18.2 Å². The molecule has 0 spiro atoms. The summed E-state index contributed by atoms with van der Waals surface area (Å²) < 4.78 is 35.1. The summed E-state index contributed by atoms with van der Waals surface area (Å²) in [5.41, 5.74) is 0.756. The maximum Gasteiger partial charge on any atom is 0.224 e. The largest absolute Gasteiger partial charge is 0.497 e. The molecule has 8 heteroatoms.